The van der Waals surface area contributed by atoms with Crippen molar-refractivity contribution in [3.8, 4) is 0 Å². The summed E-state index contributed by atoms with van der Waals surface area (Å²) in [4.78, 5) is 16.4. The number of pyridine rings is 1. The molecule has 0 radical (unpaired) electrons. The number of fused-ring (bicyclic) bond motifs is 3. The molecule has 1 atom stereocenters. The van der Waals surface area contributed by atoms with Crippen molar-refractivity contribution in [2.45, 2.75) is 18.8 Å². The van der Waals surface area contributed by atoms with Crippen LogP contribution in [0, 0.1) is 0 Å². The Morgan fingerprint density at radius 1 is 1.21 bits per heavy atom. The zero-order valence-electron chi connectivity index (χ0n) is 10.6. The van der Waals surface area contributed by atoms with Crippen LogP contribution in [0.25, 0.3) is 21.9 Å². The molecule has 5 heteroatoms. The molecule has 19 heavy (non-hydrogen) atoms. The molecule has 1 aliphatic rings. The van der Waals surface area contributed by atoms with Crippen LogP contribution in [0.5, 0.6) is 0 Å². The Bertz CT molecular complexity index is 727. The minimum atomic E-state index is 0.514. The van der Waals surface area contributed by atoms with Gasteiger partial charge in [0, 0.05) is 35.1 Å². The highest BCUT2D eigenvalue weighted by Gasteiger charge is 2.20. The van der Waals surface area contributed by atoms with E-state index in [9.17, 15) is 0 Å². The second-order valence-electron chi connectivity index (χ2n) is 5.06. The van der Waals surface area contributed by atoms with E-state index in [2.05, 4.69) is 25.3 Å². The topological polar surface area (TPSA) is 66.5 Å². The predicted octanol–water partition coefficient (Wildman–Crippen LogP) is 1.97. The van der Waals surface area contributed by atoms with Crippen molar-refractivity contribution in [2.75, 3.05) is 13.1 Å². The van der Waals surface area contributed by atoms with Crippen LogP contribution in [0.4, 0.5) is 0 Å². The average Bonchev–Trinajstić information content (AvgIpc) is 2.96. The van der Waals surface area contributed by atoms with Gasteiger partial charge in [-0.2, -0.15) is 0 Å². The van der Waals surface area contributed by atoms with Gasteiger partial charge in [0.15, 0.2) is 5.65 Å². The van der Waals surface area contributed by atoms with E-state index in [0.29, 0.717) is 5.92 Å². The number of nitrogens with zero attached hydrogens (tertiary/aromatic N) is 3. The molecular weight excluding hydrogens is 238 g/mol. The Kier molecular flexibility index (Phi) is 2.45. The Labute approximate surface area is 110 Å². The zero-order chi connectivity index (χ0) is 12.7. The normalized spacial score (nSPS) is 20.1. The third-order valence-corrected chi connectivity index (χ3v) is 3.91. The van der Waals surface area contributed by atoms with Crippen LogP contribution in [0.15, 0.2) is 24.8 Å². The highest BCUT2D eigenvalue weighted by Crippen LogP contribution is 2.31. The number of aromatic nitrogens is 4. The SMILES string of the molecule is c1cc2c(n1)ncc1nc[nH]c(C3CCCNC3)c12. The van der Waals surface area contributed by atoms with Gasteiger partial charge in [-0.15, -0.1) is 0 Å². The van der Waals surface area contributed by atoms with Gasteiger partial charge in [0.05, 0.1) is 18.0 Å². The molecule has 4 heterocycles. The van der Waals surface area contributed by atoms with Gasteiger partial charge in [0.1, 0.15) is 0 Å². The fraction of sp³-hybridized carbons (Fsp3) is 0.357. The minimum absolute atomic E-state index is 0.514. The van der Waals surface area contributed by atoms with Crippen LogP contribution in [-0.4, -0.2) is 33.0 Å². The smallest absolute Gasteiger partial charge is 0.159 e. The van der Waals surface area contributed by atoms with Gasteiger partial charge in [0.2, 0.25) is 0 Å². The maximum atomic E-state index is 4.40. The summed E-state index contributed by atoms with van der Waals surface area (Å²) in [6, 6.07) is 2.03. The Balaban J connectivity index is 2.00. The largest absolute Gasteiger partial charge is 0.349 e. The second kappa shape index (κ2) is 4.28. The van der Waals surface area contributed by atoms with Crippen LogP contribution in [0.2, 0.25) is 0 Å². The lowest BCUT2D eigenvalue weighted by molar-refractivity contribution is 0.457. The van der Waals surface area contributed by atoms with Crippen LogP contribution < -0.4 is 5.32 Å². The molecular formula is C14H15N5. The number of H-pyrrole nitrogens is 1. The molecule has 1 fully saturated rings. The number of nitrogens with one attached hydrogen (secondary N) is 2. The lowest BCUT2D eigenvalue weighted by atomic mass is 9.93. The van der Waals surface area contributed by atoms with E-state index in [1.54, 1.807) is 6.33 Å². The van der Waals surface area contributed by atoms with Crippen LogP contribution in [0.1, 0.15) is 24.5 Å². The quantitative estimate of drug-likeness (QED) is 0.696. The van der Waals surface area contributed by atoms with E-state index < -0.39 is 0 Å². The summed E-state index contributed by atoms with van der Waals surface area (Å²) in [6.45, 7) is 2.14. The maximum Gasteiger partial charge on any atom is 0.159 e. The Morgan fingerprint density at radius 3 is 3.11 bits per heavy atom. The number of rotatable bonds is 1. The predicted molar refractivity (Wildman–Crippen MR) is 74.0 cm³/mol. The van der Waals surface area contributed by atoms with Gasteiger partial charge in [-0.25, -0.2) is 15.0 Å². The summed E-state index contributed by atoms with van der Waals surface area (Å²) >= 11 is 0. The summed E-state index contributed by atoms with van der Waals surface area (Å²) in [6.07, 6.45) is 7.83. The molecule has 0 aromatic carbocycles. The first kappa shape index (κ1) is 10.9. The van der Waals surface area contributed by atoms with Gasteiger partial charge in [-0.3, -0.25) is 0 Å². The number of piperidine rings is 1. The highest BCUT2D eigenvalue weighted by molar-refractivity contribution is 6.04. The van der Waals surface area contributed by atoms with E-state index in [-0.39, 0.29) is 0 Å². The molecule has 1 unspecified atom stereocenters. The lowest BCUT2D eigenvalue weighted by Crippen LogP contribution is -2.29. The molecule has 0 aliphatic carbocycles. The highest BCUT2D eigenvalue weighted by atomic mass is 14.9. The van der Waals surface area contributed by atoms with Crippen molar-refractivity contribution in [2.24, 2.45) is 0 Å². The standard InChI is InChI=1S/C14H15N5/c1-2-9(6-15-4-1)13-12-10-3-5-16-14(10)17-7-11(12)18-8-19-13/h3,5,7-9,15H,1-2,4,6H2,(H,18,19). The molecule has 1 saturated heterocycles. The summed E-state index contributed by atoms with van der Waals surface area (Å²) in [5, 5.41) is 5.75. The van der Waals surface area contributed by atoms with E-state index in [1.165, 1.54) is 23.9 Å². The van der Waals surface area contributed by atoms with Crippen molar-refractivity contribution >= 4 is 21.9 Å². The zero-order valence-corrected chi connectivity index (χ0v) is 10.6. The first-order chi connectivity index (χ1) is 9.43. The van der Waals surface area contributed by atoms with Gasteiger partial charge < -0.3 is 10.3 Å². The van der Waals surface area contributed by atoms with E-state index in [0.717, 1.165) is 29.6 Å². The monoisotopic (exact) mass is 253 g/mol. The van der Waals surface area contributed by atoms with Crippen LogP contribution in [0.3, 0.4) is 0 Å². The molecule has 3 aromatic heterocycles. The third-order valence-electron chi connectivity index (χ3n) is 3.91. The Morgan fingerprint density at radius 2 is 2.21 bits per heavy atom. The molecule has 0 bridgehead atoms. The van der Waals surface area contributed by atoms with E-state index in [4.69, 9.17) is 0 Å². The molecule has 1 aliphatic heterocycles. The summed E-state index contributed by atoms with van der Waals surface area (Å²) in [5.41, 5.74) is 3.01. The van der Waals surface area contributed by atoms with Crippen molar-refractivity contribution in [1.29, 1.82) is 0 Å². The molecule has 3 aromatic rings. The molecule has 2 N–H and O–H groups in total. The fourth-order valence-corrected chi connectivity index (χ4v) is 2.99. The van der Waals surface area contributed by atoms with Crippen molar-refractivity contribution in [1.82, 2.24) is 25.3 Å². The van der Waals surface area contributed by atoms with Gasteiger partial charge >= 0.3 is 0 Å². The lowest BCUT2D eigenvalue weighted by Gasteiger charge is -2.24. The third kappa shape index (κ3) is 1.69. The van der Waals surface area contributed by atoms with Crippen LogP contribution >= 0.6 is 0 Å². The fourth-order valence-electron chi connectivity index (χ4n) is 2.99. The minimum Gasteiger partial charge on any atom is -0.349 e. The molecule has 4 rings (SSSR count). The molecule has 0 spiro atoms. The first-order valence-corrected chi connectivity index (χ1v) is 6.71. The van der Waals surface area contributed by atoms with Crippen LogP contribution in [-0.2, 0) is 0 Å². The van der Waals surface area contributed by atoms with E-state index >= 15 is 0 Å². The summed E-state index contributed by atoms with van der Waals surface area (Å²) in [5.74, 6) is 0.514. The maximum absolute atomic E-state index is 4.40. The number of aromatic amines is 1. The molecule has 5 nitrogen and oxygen atoms in total. The number of hydrogen-bond donors (Lipinski definition) is 2. The summed E-state index contributed by atoms with van der Waals surface area (Å²) in [7, 11) is 0. The van der Waals surface area contributed by atoms with Gasteiger partial charge in [-0.05, 0) is 25.5 Å². The first-order valence-electron chi connectivity index (χ1n) is 6.71. The van der Waals surface area contributed by atoms with Crippen molar-refractivity contribution in [3.63, 3.8) is 0 Å². The number of hydrogen-bond acceptors (Lipinski definition) is 4. The van der Waals surface area contributed by atoms with Crippen molar-refractivity contribution in [3.05, 3.63) is 30.5 Å². The second-order valence-corrected chi connectivity index (χ2v) is 5.06. The van der Waals surface area contributed by atoms with Crippen molar-refractivity contribution < 1.29 is 0 Å². The van der Waals surface area contributed by atoms with E-state index in [1.807, 2.05) is 18.5 Å². The Hall–Kier alpha value is -2.01. The molecule has 0 saturated carbocycles. The summed E-state index contributed by atoms with van der Waals surface area (Å²) < 4.78 is 0. The average molecular weight is 253 g/mol. The van der Waals surface area contributed by atoms with Gasteiger partial charge in [-0.1, -0.05) is 0 Å². The van der Waals surface area contributed by atoms with Gasteiger partial charge in [0.25, 0.3) is 0 Å². The molecule has 96 valence electrons. The molecule has 0 amide bonds.